The molecule has 2 aromatic rings. The second-order valence-corrected chi connectivity index (χ2v) is 10.6. The van der Waals surface area contributed by atoms with Crippen molar-refractivity contribution in [2.24, 2.45) is 4.99 Å². The van der Waals surface area contributed by atoms with Crippen molar-refractivity contribution in [2.75, 3.05) is 19.7 Å². The molecule has 2 aromatic carbocycles. The summed E-state index contributed by atoms with van der Waals surface area (Å²) in [5, 5.41) is 6.91. The molecule has 38 heavy (non-hydrogen) atoms. The van der Waals surface area contributed by atoms with Crippen LogP contribution in [0.5, 0.6) is 0 Å². The highest BCUT2D eigenvalue weighted by molar-refractivity contribution is 7.80. The lowest BCUT2D eigenvalue weighted by Gasteiger charge is -2.32. The number of hydrogen-bond donors (Lipinski definition) is 2. The van der Waals surface area contributed by atoms with Crippen LogP contribution in [0.2, 0.25) is 0 Å². The fourth-order valence-electron chi connectivity index (χ4n) is 4.80. The Kier molecular flexibility index (Phi) is 12.1. The van der Waals surface area contributed by atoms with E-state index < -0.39 is 5.54 Å². The molecule has 0 aliphatic carbocycles. The first-order valence-corrected chi connectivity index (χ1v) is 14.6. The number of rotatable bonds is 15. The van der Waals surface area contributed by atoms with Crippen LogP contribution >= 0.6 is 12.2 Å². The van der Waals surface area contributed by atoms with Crippen molar-refractivity contribution < 1.29 is 9.53 Å². The number of aliphatic imine (C=N–C) groups is 1. The maximum atomic E-state index is 12.7. The van der Waals surface area contributed by atoms with E-state index >= 15 is 0 Å². The standard InChI is InChI=1S/C31H44N4O2S/c1-4-5-6-7-15-22-35(30(36)32-25(2)3)23-16-10-17-24-37-28-31(34-29(38)33-28,26-18-11-8-12-19-26)27-20-13-9-14-21-27/h8-9,11-14,18-21,25H,4-7,10,15-17,22-24H2,1-3H3,(H,32,36)(H,34,38). The normalized spacial score (nSPS) is 14.2. The summed E-state index contributed by atoms with van der Waals surface area (Å²) in [5.74, 6) is 0.588. The summed E-state index contributed by atoms with van der Waals surface area (Å²) >= 11 is 5.48. The predicted octanol–water partition coefficient (Wildman–Crippen LogP) is 6.79. The number of hydrogen-bond acceptors (Lipinski definition) is 3. The van der Waals surface area contributed by atoms with Crippen molar-refractivity contribution >= 4 is 29.3 Å². The highest BCUT2D eigenvalue weighted by Gasteiger charge is 2.46. The summed E-state index contributed by atoms with van der Waals surface area (Å²) < 4.78 is 6.31. The Labute approximate surface area is 234 Å². The quantitative estimate of drug-likeness (QED) is 0.194. The Balaban J connectivity index is 1.55. The Morgan fingerprint density at radius 1 is 0.921 bits per heavy atom. The Morgan fingerprint density at radius 2 is 1.47 bits per heavy atom. The van der Waals surface area contributed by atoms with Gasteiger partial charge in [0.1, 0.15) is 0 Å². The molecule has 7 heteroatoms. The van der Waals surface area contributed by atoms with E-state index in [2.05, 4.69) is 46.8 Å². The fraction of sp³-hybridized carbons (Fsp3) is 0.516. The molecule has 206 valence electrons. The van der Waals surface area contributed by atoms with Gasteiger partial charge < -0.3 is 20.3 Å². The number of ether oxygens (including phenoxy) is 1. The smallest absolute Gasteiger partial charge is 0.317 e. The van der Waals surface area contributed by atoms with Crippen LogP contribution in [0.4, 0.5) is 4.79 Å². The molecule has 6 nitrogen and oxygen atoms in total. The molecule has 2 amide bonds. The summed E-state index contributed by atoms with van der Waals surface area (Å²) in [5.41, 5.74) is 1.34. The van der Waals surface area contributed by atoms with Crippen LogP contribution < -0.4 is 10.6 Å². The fourth-order valence-corrected chi connectivity index (χ4v) is 5.04. The topological polar surface area (TPSA) is 66.0 Å². The molecule has 0 bridgehead atoms. The van der Waals surface area contributed by atoms with Gasteiger partial charge in [0.25, 0.3) is 0 Å². The number of thiocarbonyl (C=S) groups is 1. The molecule has 0 saturated carbocycles. The van der Waals surface area contributed by atoms with Crippen LogP contribution in [-0.4, -0.2) is 47.7 Å². The van der Waals surface area contributed by atoms with Gasteiger partial charge in [0.15, 0.2) is 10.7 Å². The largest absolute Gasteiger partial charge is 0.478 e. The zero-order valence-electron chi connectivity index (χ0n) is 23.2. The molecule has 0 radical (unpaired) electrons. The van der Waals surface area contributed by atoms with E-state index in [1.165, 1.54) is 25.7 Å². The molecule has 0 spiro atoms. The molecule has 0 atom stereocenters. The van der Waals surface area contributed by atoms with Gasteiger partial charge in [0.2, 0.25) is 5.90 Å². The van der Waals surface area contributed by atoms with E-state index in [1.807, 2.05) is 55.1 Å². The average molecular weight is 537 g/mol. The van der Waals surface area contributed by atoms with Gasteiger partial charge in [-0.1, -0.05) is 93.3 Å². The minimum absolute atomic E-state index is 0.0437. The molecule has 0 aromatic heterocycles. The average Bonchev–Trinajstić information content (AvgIpc) is 3.26. The summed E-state index contributed by atoms with van der Waals surface area (Å²) in [6, 6.07) is 20.6. The molecule has 0 saturated heterocycles. The summed E-state index contributed by atoms with van der Waals surface area (Å²) in [6.45, 7) is 8.35. The van der Waals surface area contributed by atoms with E-state index in [0.29, 0.717) is 17.6 Å². The van der Waals surface area contributed by atoms with E-state index in [0.717, 1.165) is 49.9 Å². The van der Waals surface area contributed by atoms with Gasteiger partial charge >= 0.3 is 6.03 Å². The maximum Gasteiger partial charge on any atom is 0.317 e. The second kappa shape index (κ2) is 15.5. The van der Waals surface area contributed by atoms with Crippen molar-refractivity contribution in [2.45, 2.75) is 83.7 Å². The highest BCUT2D eigenvalue weighted by atomic mass is 32.1. The number of benzene rings is 2. The molecule has 2 N–H and O–H groups in total. The lowest BCUT2D eigenvalue weighted by Crippen LogP contribution is -2.47. The zero-order valence-corrected chi connectivity index (χ0v) is 24.1. The number of nitrogens with one attached hydrogen (secondary N) is 2. The molecule has 1 heterocycles. The van der Waals surface area contributed by atoms with E-state index in [1.54, 1.807) is 0 Å². The molecule has 0 fully saturated rings. The van der Waals surface area contributed by atoms with Crippen molar-refractivity contribution in [3.63, 3.8) is 0 Å². The lowest BCUT2D eigenvalue weighted by atomic mass is 9.83. The van der Waals surface area contributed by atoms with Crippen LogP contribution in [0, 0.1) is 0 Å². The van der Waals surface area contributed by atoms with Crippen LogP contribution in [0.1, 0.15) is 83.3 Å². The maximum absolute atomic E-state index is 12.7. The van der Waals surface area contributed by atoms with Gasteiger partial charge in [-0.25, -0.2) is 4.79 Å². The van der Waals surface area contributed by atoms with Crippen LogP contribution in [0.3, 0.4) is 0 Å². The molecule has 0 unspecified atom stereocenters. The van der Waals surface area contributed by atoms with Gasteiger partial charge in [-0.3, -0.25) is 0 Å². The second-order valence-electron chi connectivity index (χ2n) is 10.2. The first-order valence-electron chi connectivity index (χ1n) is 14.2. The van der Waals surface area contributed by atoms with Crippen molar-refractivity contribution in [1.29, 1.82) is 0 Å². The first-order chi connectivity index (χ1) is 18.5. The van der Waals surface area contributed by atoms with E-state index in [9.17, 15) is 4.79 Å². The van der Waals surface area contributed by atoms with Crippen LogP contribution in [0.15, 0.2) is 65.7 Å². The third-order valence-corrected chi connectivity index (χ3v) is 6.97. The van der Waals surface area contributed by atoms with Crippen LogP contribution in [0.25, 0.3) is 0 Å². The minimum Gasteiger partial charge on any atom is -0.478 e. The van der Waals surface area contributed by atoms with Gasteiger partial charge in [0, 0.05) is 19.1 Å². The Bertz CT molecular complexity index is 987. The molecular weight excluding hydrogens is 492 g/mol. The number of carbonyl (C=O) groups is 1. The monoisotopic (exact) mass is 536 g/mol. The molecule has 1 aliphatic heterocycles. The number of nitrogens with zero attached hydrogens (tertiary/aromatic N) is 2. The molecule has 1 aliphatic rings. The third kappa shape index (κ3) is 8.29. The summed E-state index contributed by atoms with van der Waals surface area (Å²) in [7, 11) is 0. The summed E-state index contributed by atoms with van der Waals surface area (Å²) in [4.78, 5) is 19.3. The van der Waals surface area contributed by atoms with Gasteiger partial charge in [-0.2, -0.15) is 4.99 Å². The summed E-state index contributed by atoms with van der Waals surface area (Å²) in [6.07, 6.45) is 8.75. The van der Waals surface area contributed by atoms with Crippen molar-refractivity contribution in [3.05, 3.63) is 71.8 Å². The zero-order chi connectivity index (χ0) is 27.2. The Hall–Kier alpha value is -2.93. The third-order valence-electron chi connectivity index (χ3n) is 6.77. The minimum atomic E-state index is -0.733. The van der Waals surface area contributed by atoms with Gasteiger partial charge in [0.05, 0.1) is 6.61 Å². The van der Waals surface area contributed by atoms with Crippen molar-refractivity contribution in [3.8, 4) is 0 Å². The SMILES string of the molecule is CCCCCCCN(CCCCCOC1=NC(=S)NC1(c1ccccc1)c1ccccc1)C(=O)NC(C)C. The Morgan fingerprint density at radius 3 is 2.03 bits per heavy atom. The number of amides is 2. The predicted molar refractivity (Wildman–Crippen MR) is 161 cm³/mol. The first kappa shape index (κ1) is 29.6. The van der Waals surface area contributed by atoms with Gasteiger partial charge in [-0.05, 0) is 62.9 Å². The van der Waals surface area contributed by atoms with E-state index in [-0.39, 0.29) is 12.1 Å². The number of unbranched alkanes of at least 4 members (excludes halogenated alkanes) is 6. The number of carbonyl (C=O) groups excluding carboxylic acids is 1. The molecule has 3 rings (SSSR count). The number of urea groups is 1. The molecular formula is C31H44N4O2S. The van der Waals surface area contributed by atoms with Crippen molar-refractivity contribution in [1.82, 2.24) is 15.5 Å². The van der Waals surface area contributed by atoms with Crippen LogP contribution in [-0.2, 0) is 10.3 Å². The van der Waals surface area contributed by atoms with Gasteiger partial charge in [-0.15, -0.1) is 0 Å². The highest BCUT2D eigenvalue weighted by Crippen LogP contribution is 2.35. The lowest BCUT2D eigenvalue weighted by molar-refractivity contribution is 0.191. The van der Waals surface area contributed by atoms with E-state index in [4.69, 9.17) is 17.0 Å².